The Morgan fingerprint density at radius 3 is 2.15 bits per heavy atom. The van der Waals surface area contributed by atoms with Crippen molar-refractivity contribution in [3.63, 3.8) is 0 Å². The standard InChI is InChI=1S/C20H32O7/c1-4-7-8-9-11-20(23)27-16-17(15-26-19(22)6-3)14-24-12-10-13-25-18(21)5-2/h5-6,17H,2-4,7-16H2,1H3. The number of carbonyl (C=O) groups is 3. The summed E-state index contributed by atoms with van der Waals surface area (Å²) < 4.78 is 20.6. The van der Waals surface area contributed by atoms with Crippen LogP contribution in [0.4, 0.5) is 0 Å². The maximum absolute atomic E-state index is 11.8. The van der Waals surface area contributed by atoms with Gasteiger partial charge in [0.1, 0.15) is 0 Å². The molecule has 0 heterocycles. The second-order valence-electron chi connectivity index (χ2n) is 5.99. The van der Waals surface area contributed by atoms with Crippen LogP contribution in [0.3, 0.4) is 0 Å². The Morgan fingerprint density at radius 2 is 1.48 bits per heavy atom. The van der Waals surface area contributed by atoms with Crippen molar-refractivity contribution in [1.82, 2.24) is 0 Å². The Morgan fingerprint density at radius 1 is 0.815 bits per heavy atom. The van der Waals surface area contributed by atoms with Crippen LogP contribution < -0.4 is 0 Å². The van der Waals surface area contributed by atoms with Gasteiger partial charge in [0, 0.05) is 31.6 Å². The normalized spacial score (nSPS) is 11.3. The Balaban J connectivity index is 4.10. The van der Waals surface area contributed by atoms with Gasteiger partial charge >= 0.3 is 17.9 Å². The number of rotatable bonds is 17. The molecule has 0 radical (unpaired) electrons. The fraction of sp³-hybridized carbons (Fsp3) is 0.650. The molecule has 7 nitrogen and oxygen atoms in total. The third kappa shape index (κ3) is 15.8. The second-order valence-corrected chi connectivity index (χ2v) is 5.99. The molecule has 1 atom stereocenters. The van der Waals surface area contributed by atoms with Crippen molar-refractivity contribution < 1.29 is 33.3 Å². The van der Waals surface area contributed by atoms with Crippen molar-refractivity contribution in [2.75, 3.05) is 33.0 Å². The Hall–Kier alpha value is -2.15. The highest BCUT2D eigenvalue weighted by molar-refractivity contribution is 5.81. The highest BCUT2D eigenvalue weighted by Gasteiger charge is 2.15. The van der Waals surface area contributed by atoms with Gasteiger partial charge in [-0.1, -0.05) is 39.3 Å². The molecule has 0 aliphatic rings. The quantitative estimate of drug-likeness (QED) is 0.165. The molecule has 0 aliphatic carbocycles. The van der Waals surface area contributed by atoms with E-state index in [2.05, 4.69) is 20.1 Å². The third-order valence-electron chi connectivity index (χ3n) is 3.54. The van der Waals surface area contributed by atoms with E-state index in [9.17, 15) is 14.4 Å². The smallest absolute Gasteiger partial charge is 0.330 e. The zero-order valence-corrected chi connectivity index (χ0v) is 16.3. The summed E-state index contributed by atoms with van der Waals surface area (Å²) in [6.45, 7) is 9.78. The number of hydrogen-bond acceptors (Lipinski definition) is 7. The van der Waals surface area contributed by atoms with E-state index in [1.807, 2.05) is 0 Å². The zero-order chi connectivity index (χ0) is 20.3. The van der Waals surface area contributed by atoms with E-state index in [1.54, 1.807) is 0 Å². The lowest BCUT2D eigenvalue weighted by Crippen LogP contribution is -2.25. The van der Waals surface area contributed by atoms with Crippen LogP contribution >= 0.6 is 0 Å². The van der Waals surface area contributed by atoms with Gasteiger partial charge in [-0.25, -0.2) is 9.59 Å². The van der Waals surface area contributed by atoms with E-state index < -0.39 is 11.9 Å². The third-order valence-corrected chi connectivity index (χ3v) is 3.54. The van der Waals surface area contributed by atoms with Gasteiger partial charge in [0.15, 0.2) is 0 Å². The number of esters is 3. The molecule has 0 saturated carbocycles. The first-order chi connectivity index (χ1) is 13.0. The SMILES string of the molecule is C=CC(=O)OCCCOCC(COC(=O)C=C)COC(=O)CCCCCC. The van der Waals surface area contributed by atoms with Gasteiger partial charge in [-0.3, -0.25) is 4.79 Å². The van der Waals surface area contributed by atoms with Crippen LogP contribution in [0.2, 0.25) is 0 Å². The summed E-state index contributed by atoms with van der Waals surface area (Å²) >= 11 is 0. The Kier molecular flexibility index (Phi) is 15.9. The summed E-state index contributed by atoms with van der Waals surface area (Å²) in [5, 5.41) is 0. The Bertz CT molecular complexity index is 459. The van der Waals surface area contributed by atoms with Gasteiger partial charge in [-0.2, -0.15) is 0 Å². The summed E-state index contributed by atoms with van der Waals surface area (Å²) in [6, 6.07) is 0. The molecule has 0 aliphatic heterocycles. The monoisotopic (exact) mass is 384 g/mol. The molecular formula is C20H32O7. The van der Waals surface area contributed by atoms with Crippen LogP contribution in [0, 0.1) is 5.92 Å². The molecule has 0 aromatic heterocycles. The lowest BCUT2D eigenvalue weighted by Gasteiger charge is -2.17. The maximum Gasteiger partial charge on any atom is 0.330 e. The predicted molar refractivity (Wildman–Crippen MR) is 101 cm³/mol. The van der Waals surface area contributed by atoms with E-state index in [4.69, 9.17) is 18.9 Å². The van der Waals surface area contributed by atoms with Crippen molar-refractivity contribution in [3.8, 4) is 0 Å². The average molecular weight is 384 g/mol. The van der Waals surface area contributed by atoms with Gasteiger partial charge in [0.05, 0.1) is 32.3 Å². The topological polar surface area (TPSA) is 88.1 Å². The number of hydrogen-bond donors (Lipinski definition) is 0. The molecule has 0 N–H and O–H groups in total. The molecule has 0 fully saturated rings. The molecule has 0 aromatic rings. The molecule has 0 aromatic carbocycles. The molecule has 1 unspecified atom stereocenters. The van der Waals surface area contributed by atoms with Crippen molar-refractivity contribution in [3.05, 3.63) is 25.3 Å². The van der Waals surface area contributed by atoms with Crippen molar-refractivity contribution in [2.24, 2.45) is 5.92 Å². The average Bonchev–Trinajstić information content (AvgIpc) is 2.68. The van der Waals surface area contributed by atoms with Crippen LogP contribution in [0.15, 0.2) is 25.3 Å². The van der Waals surface area contributed by atoms with Gasteiger partial charge in [-0.05, 0) is 6.42 Å². The van der Waals surface area contributed by atoms with Gasteiger partial charge < -0.3 is 18.9 Å². The summed E-state index contributed by atoms with van der Waals surface area (Å²) in [7, 11) is 0. The minimum absolute atomic E-state index is 0.0689. The van der Waals surface area contributed by atoms with Crippen LogP contribution in [0.5, 0.6) is 0 Å². The van der Waals surface area contributed by atoms with Crippen molar-refractivity contribution >= 4 is 17.9 Å². The van der Waals surface area contributed by atoms with Crippen molar-refractivity contribution in [1.29, 1.82) is 0 Å². The van der Waals surface area contributed by atoms with Crippen LogP contribution in [0.25, 0.3) is 0 Å². The Labute approximate surface area is 161 Å². The molecule has 0 amide bonds. The van der Waals surface area contributed by atoms with E-state index in [0.717, 1.165) is 37.8 Å². The van der Waals surface area contributed by atoms with E-state index in [1.165, 1.54) is 0 Å². The summed E-state index contributed by atoms with van der Waals surface area (Å²) in [5.41, 5.74) is 0. The molecule has 0 spiro atoms. The molecular weight excluding hydrogens is 352 g/mol. The van der Waals surface area contributed by atoms with Crippen molar-refractivity contribution in [2.45, 2.75) is 45.4 Å². The first kappa shape index (κ1) is 24.8. The number of carbonyl (C=O) groups excluding carboxylic acids is 3. The molecule has 0 saturated heterocycles. The van der Waals surface area contributed by atoms with E-state index >= 15 is 0 Å². The second kappa shape index (κ2) is 17.3. The first-order valence-corrected chi connectivity index (χ1v) is 9.35. The summed E-state index contributed by atoms with van der Waals surface area (Å²) in [4.78, 5) is 33.9. The largest absolute Gasteiger partial charge is 0.465 e. The van der Waals surface area contributed by atoms with Gasteiger partial charge in [-0.15, -0.1) is 0 Å². The molecule has 27 heavy (non-hydrogen) atoms. The lowest BCUT2D eigenvalue weighted by molar-refractivity contribution is -0.148. The molecule has 7 heteroatoms. The zero-order valence-electron chi connectivity index (χ0n) is 16.3. The highest BCUT2D eigenvalue weighted by Crippen LogP contribution is 2.06. The molecule has 0 rings (SSSR count). The van der Waals surface area contributed by atoms with Crippen LogP contribution in [-0.2, 0) is 33.3 Å². The summed E-state index contributed by atoms with van der Waals surface area (Å²) in [5.74, 6) is -1.55. The number of ether oxygens (including phenoxy) is 4. The summed E-state index contributed by atoms with van der Waals surface area (Å²) in [6.07, 6.45) is 7.10. The van der Waals surface area contributed by atoms with Gasteiger partial charge in [0.25, 0.3) is 0 Å². The minimum Gasteiger partial charge on any atom is -0.465 e. The lowest BCUT2D eigenvalue weighted by atomic mass is 10.1. The van der Waals surface area contributed by atoms with E-state index in [0.29, 0.717) is 19.4 Å². The minimum atomic E-state index is -0.540. The van der Waals surface area contributed by atoms with Crippen LogP contribution in [-0.4, -0.2) is 50.9 Å². The predicted octanol–water partition coefficient (Wildman–Crippen LogP) is 2.98. The highest BCUT2D eigenvalue weighted by atomic mass is 16.6. The maximum atomic E-state index is 11.8. The fourth-order valence-corrected chi connectivity index (χ4v) is 2.03. The molecule has 0 bridgehead atoms. The fourth-order valence-electron chi connectivity index (χ4n) is 2.03. The number of unbranched alkanes of at least 4 members (excludes halogenated alkanes) is 3. The van der Waals surface area contributed by atoms with Crippen LogP contribution in [0.1, 0.15) is 45.4 Å². The first-order valence-electron chi connectivity index (χ1n) is 9.35. The molecule has 154 valence electrons. The van der Waals surface area contributed by atoms with E-state index in [-0.39, 0.29) is 38.3 Å². The van der Waals surface area contributed by atoms with Gasteiger partial charge in [0.2, 0.25) is 0 Å².